The van der Waals surface area contributed by atoms with Crippen LogP contribution in [0.2, 0.25) is 0 Å². The van der Waals surface area contributed by atoms with Crippen LogP contribution in [0.1, 0.15) is 36.0 Å². The van der Waals surface area contributed by atoms with Gasteiger partial charge in [-0.05, 0) is 44.2 Å². The summed E-state index contributed by atoms with van der Waals surface area (Å²) in [5, 5.41) is 17.1. The Bertz CT molecular complexity index is 694. The molecule has 0 saturated carbocycles. The number of piperidine rings is 1. The molecule has 0 spiro atoms. The average Bonchev–Trinajstić information content (AvgIpc) is 3.20. The van der Waals surface area contributed by atoms with Gasteiger partial charge in [-0.25, -0.2) is 0 Å². The molecule has 2 aliphatic heterocycles. The number of likely N-dealkylation sites (tertiary alicyclic amines) is 1. The summed E-state index contributed by atoms with van der Waals surface area (Å²) in [4.78, 5) is 36.9. The highest BCUT2D eigenvalue weighted by Crippen LogP contribution is 2.20. The number of nitro benzene ring substituents is 1. The third kappa shape index (κ3) is 5.40. The van der Waals surface area contributed by atoms with Gasteiger partial charge in [0.05, 0.1) is 11.0 Å². The van der Waals surface area contributed by atoms with E-state index in [2.05, 4.69) is 10.6 Å². The van der Waals surface area contributed by atoms with Crippen molar-refractivity contribution < 1.29 is 14.5 Å². The zero-order valence-corrected chi connectivity index (χ0v) is 15.9. The van der Waals surface area contributed by atoms with Crippen LogP contribution in [0, 0.1) is 16.0 Å². The largest absolute Gasteiger partial charge is 0.354 e. The number of nitro groups is 1. The molecule has 27 heavy (non-hydrogen) atoms. The molecule has 2 amide bonds. The number of amides is 2. The first-order valence-corrected chi connectivity index (χ1v) is 9.09. The normalized spacial score (nSPS) is 22.0. The van der Waals surface area contributed by atoms with Gasteiger partial charge in [0.2, 0.25) is 5.91 Å². The maximum Gasteiger partial charge on any atom is 0.270 e. The Morgan fingerprint density at radius 2 is 2.11 bits per heavy atom. The molecule has 0 aromatic heterocycles. The molecule has 2 N–H and O–H groups in total. The molecule has 2 aliphatic rings. The van der Waals surface area contributed by atoms with E-state index in [1.165, 1.54) is 18.2 Å². The molecule has 8 nitrogen and oxygen atoms in total. The van der Waals surface area contributed by atoms with Gasteiger partial charge in [-0.1, -0.05) is 6.07 Å². The van der Waals surface area contributed by atoms with Crippen molar-refractivity contribution in [2.45, 2.75) is 31.7 Å². The first-order valence-electron chi connectivity index (χ1n) is 9.09. The van der Waals surface area contributed by atoms with Crippen LogP contribution in [0.15, 0.2) is 24.3 Å². The van der Waals surface area contributed by atoms with E-state index in [0.29, 0.717) is 25.2 Å². The molecule has 0 bridgehead atoms. The second-order valence-electron chi connectivity index (χ2n) is 6.96. The molecular weight excluding hydrogens is 372 g/mol. The van der Waals surface area contributed by atoms with Crippen molar-refractivity contribution in [3.8, 4) is 0 Å². The van der Waals surface area contributed by atoms with E-state index < -0.39 is 4.92 Å². The van der Waals surface area contributed by atoms with E-state index >= 15 is 0 Å². The van der Waals surface area contributed by atoms with E-state index in [9.17, 15) is 19.7 Å². The van der Waals surface area contributed by atoms with Crippen LogP contribution in [0.4, 0.5) is 5.69 Å². The fourth-order valence-electron chi connectivity index (χ4n) is 3.63. The molecule has 1 aromatic rings. The van der Waals surface area contributed by atoms with Crippen molar-refractivity contribution in [1.29, 1.82) is 0 Å². The molecule has 0 aliphatic carbocycles. The minimum absolute atomic E-state index is 0. The van der Waals surface area contributed by atoms with Crippen LogP contribution in [0.3, 0.4) is 0 Å². The molecule has 2 heterocycles. The Balaban J connectivity index is 0.00000261. The lowest BCUT2D eigenvalue weighted by Crippen LogP contribution is -2.46. The first-order chi connectivity index (χ1) is 12.5. The van der Waals surface area contributed by atoms with E-state index in [1.807, 2.05) is 0 Å². The number of nitrogens with one attached hydrogen (secondary N) is 2. The second kappa shape index (κ2) is 9.66. The molecule has 2 saturated heterocycles. The zero-order valence-electron chi connectivity index (χ0n) is 15.1. The van der Waals surface area contributed by atoms with Gasteiger partial charge in [-0.2, -0.15) is 0 Å². The quantitative estimate of drug-likeness (QED) is 0.582. The SMILES string of the molecule is Cl.O=C(NCC1CCCN(C(=O)c2cccc([N+](=O)[O-])c2)C1)C1CCCN1. The summed E-state index contributed by atoms with van der Waals surface area (Å²) < 4.78 is 0. The monoisotopic (exact) mass is 396 g/mol. The van der Waals surface area contributed by atoms with E-state index in [-0.39, 0.29) is 41.9 Å². The Kier molecular flexibility index (Phi) is 7.55. The highest BCUT2D eigenvalue weighted by molar-refractivity contribution is 5.94. The fraction of sp³-hybridized carbons (Fsp3) is 0.556. The van der Waals surface area contributed by atoms with Gasteiger partial charge in [0.15, 0.2) is 0 Å². The van der Waals surface area contributed by atoms with E-state index in [4.69, 9.17) is 0 Å². The second-order valence-corrected chi connectivity index (χ2v) is 6.96. The summed E-state index contributed by atoms with van der Waals surface area (Å²) >= 11 is 0. The Labute approximate surface area is 164 Å². The lowest BCUT2D eigenvalue weighted by molar-refractivity contribution is -0.384. The fourth-order valence-corrected chi connectivity index (χ4v) is 3.63. The third-order valence-corrected chi connectivity index (χ3v) is 5.05. The van der Waals surface area contributed by atoms with Crippen molar-refractivity contribution in [1.82, 2.24) is 15.5 Å². The van der Waals surface area contributed by atoms with Gasteiger partial charge in [-0.3, -0.25) is 19.7 Å². The Hall–Kier alpha value is -2.19. The third-order valence-electron chi connectivity index (χ3n) is 5.05. The molecular formula is C18H25ClN4O4. The maximum absolute atomic E-state index is 12.7. The van der Waals surface area contributed by atoms with Gasteiger partial charge in [0.1, 0.15) is 0 Å². The topological polar surface area (TPSA) is 105 Å². The highest BCUT2D eigenvalue weighted by atomic mass is 35.5. The van der Waals surface area contributed by atoms with Crippen LogP contribution < -0.4 is 10.6 Å². The minimum atomic E-state index is -0.498. The smallest absolute Gasteiger partial charge is 0.270 e. The molecule has 9 heteroatoms. The molecule has 2 unspecified atom stereocenters. The predicted octanol–water partition coefficient (Wildman–Crippen LogP) is 1.74. The zero-order chi connectivity index (χ0) is 18.5. The summed E-state index contributed by atoms with van der Waals surface area (Å²) in [6.07, 6.45) is 3.71. The number of halogens is 1. The predicted molar refractivity (Wildman–Crippen MR) is 103 cm³/mol. The summed E-state index contributed by atoms with van der Waals surface area (Å²) in [5.41, 5.74) is 0.250. The summed E-state index contributed by atoms with van der Waals surface area (Å²) in [6, 6.07) is 5.73. The van der Waals surface area contributed by atoms with Crippen molar-refractivity contribution in [2.24, 2.45) is 5.92 Å². The van der Waals surface area contributed by atoms with E-state index in [0.717, 1.165) is 32.2 Å². The van der Waals surface area contributed by atoms with Crippen molar-refractivity contribution in [2.75, 3.05) is 26.2 Å². The summed E-state index contributed by atoms with van der Waals surface area (Å²) in [6.45, 7) is 2.62. The number of nitrogens with zero attached hydrogens (tertiary/aromatic N) is 2. The number of hydrogen-bond acceptors (Lipinski definition) is 5. The lowest BCUT2D eigenvalue weighted by Gasteiger charge is -2.33. The molecule has 2 atom stereocenters. The highest BCUT2D eigenvalue weighted by Gasteiger charge is 2.27. The summed E-state index contributed by atoms with van der Waals surface area (Å²) in [5.74, 6) is 0.0450. The van der Waals surface area contributed by atoms with Crippen LogP contribution in [-0.2, 0) is 4.79 Å². The van der Waals surface area contributed by atoms with Crippen LogP contribution in [0.5, 0.6) is 0 Å². The van der Waals surface area contributed by atoms with Crippen molar-refractivity contribution >= 4 is 29.9 Å². The number of rotatable bonds is 5. The number of non-ortho nitro benzene ring substituents is 1. The maximum atomic E-state index is 12.7. The number of benzene rings is 1. The van der Waals surface area contributed by atoms with Gasteiger partial charge in [0, 0.05) is 37.3 Å². The molecule has 3 rings (SSSR count). The molecule has 0 radical (unpaired) electrons. The van der Waals surface area contributed by atoms with Gasteiger partial charge >= 0.3 is 0 Å². The number of hydrogen-bond donors (Lipinski definition) is 2. The van der Waals surface area contributed by atoms with E-state index in [1.54, 1.807) is 11.0 Å². The van der Waals surface area contributed by atoms with Crippen LogP contribution in [0.25, 0.3) is 0 Å². The first kappa shape index (κ1) is 21.1. The minimum Gasteiger partial charge on any atom is -0.354 e. The van der Waals surface area contributed by atoms with Crippen molar-refractivity contribution in [3.63, 3.8) is 0 Å². The van der Waals surface area contributed by atoms with Gasteiger partial charge in [0.25, 0.3) is 11.6 Å². The Morgan fingerprint density at radius 1 is 1.30 bits per heavy atom. The number of carbonyl (C=O) groups is 2. The average molecular weight is 397 g/mol. The molecule has 148 valence electrons. The molecule has 1 aromatic carbocycles. The number of carbonyl (C=O) groups excluding carboxylic acids is 2. The lowest BCUT2D eigenvalue weighted by atomic mass is 9.97. The molecule has 2 fully saturated rings. The van der Waals surface area contributed by atoms with Crippen molar-refractivity contribution in [3.05, 3.63) is 39.9 Å². The Morgan fingerprint density at radius 3 is 2.81 bits per heavy atom. The van der Waals surface area contributed by atoms with Gasteiger partial charge in [-0.15, -0.1) is 12.4 Å². The van der Waals surface area contributed by atoms with Gasteiger partial charge < -0.3 is 15.5 Å². The summed E-state index contributed by atoms with van der Waals surface area (Å²) in [7, 11) is 0. The standard InChI is InChI=1S/C18H24N4O4.ClH/c23-17(16-7-2-8-19-16)20-11-13-4-3-9-21(12-13)18(24)14-5-1-6-15(10-14)22(25)26;/h1,5-6,10,13,16,19H,2-4,7-9,11-12H2,(H,20,23);1H. The van der Waals surface area contributed by atoms with Crippen LogP contribution >= 0.6 is 12.4 Å². The van der Waals surface area contributed by atoms with Crippen LogP contribution in [-0.4, -0.2) is 53.9 Å².